The first kappa shape index (κ1) is 22.7. The zero-order chi connectivity index (χ0) is 23.0. The van der Waals surface area contributed by atoms with Gasteiger partial charge in [0.15, 0.2) is 11.5 Å². The van der Waals surface area contributed by atoms with Crippen molar-refractivity contribution in [2.24, 2.45) is 0 Å². The fraction of sp³-hybridized carbons (Fsp3) is 0.217. The zero-order valence-corrected chi connectivity index (χ0v) is 20.8. The van der Waals surface area contributed by atoms with Crippen molar-refractivity contribution in [2.45, 2.75) is 18.4 Å². The zero-order valence-electron chi connectivity index (χ0n) is 17.8. The van der Waals surface area contributed by atoms with Gasteiger partial charge in [0.2, 0.25) is 5.95 Å². The van der Waals surface area contributed by atoms with Gasteiger partial charge in [-0.2, -0.15) is 4.39 Å². The molecule has 0 unspecified atom stereocenters. The Morgan fingerprint density at radius 1 is 1.00 bits per heavy atom. The van der Waals surface area contributed by atoms with Crippen molar-refractivity contribution in [3.05, 3.63) is 66.2 Å². The van der Waals surface area contributed by atoms with E-state index in [4.69, 9.17) is 9.47 Å². The molecule has 9 heteroatoms. The van der Waals surface area contributed by atoms with Crippen LogP contribution >= 0.6 is 22.6 Å². The number of benzene rings is 2. The maximum absolute atomic E-state index is 14.9. The van der Waals surface area contributed by atoms with Crippen LogP contribution in [0, 0.1) is 12.9 Å². The largest absolute Gasteiger partial charge is 0.493 e. The van der Waals surface area contributed by atoms with Crippen molar-refractivity contribution in [3.63, 3.8) is 0 Å². The van der Waals surface area contributed by atoms with E-state index in [2.05, 4.69) is 22.6 Å². The molecule has 0 aliphatic heterocycles. The molecule has 0 aliphatic carbocycles. The molecule has 0 aliphatic rings. The Bertz CT molecular complexity index is 1390. The highest BCUT2D eigenvalue weighted by Gasteiger charge is 2.26. The van der Waals surface area contributed by atoms with Crippen LogP contribution in [0.4, 0.5) is 4.39 Å². The van der Waals surface area contributed by atoms with Crippen molar-refractivity contribution in [3.8, 4) is 22.8 Å². The van der Waals surface area contributed by atoms with Gasteiger partial charge in [-0.15, -0.1) is 0 Å². The number of ether oxygens (including phenoxy) is 2. The third-order valence-corrected chi connectivity index (χ3v) is 7.54. The van der Waals surface area contributed by atoms with Gasteiger partial charge >= 0.3 is 0 Å². The number of hydrogen-bond acceptors (Lipinski definition) is 4. The summed E-state index contributed by atoms with van der Waals surface area (Å²) in [5.74, 6) is 0.220. The van der Waals surface area contributed by atoms with Crippen LogP contribution < -0.4 is 9.47 Å². The second-order valence-electron chi connectivity index (χ2n) is 7.27. The fourth-order valence-corrected chi connectivity index (χ4v) is 5.67. The van der Waals surface area contributed by atoms with Gasteiger partial charge in [0.25, 0.3) is 10.0 Å². The Morgan fingerprint density at radius 2 is 1.66 bits per heavy atom. The Morgan fingerprint density at radius 3 is 2.28 bits per heavy atom. The molecule has 32 heavy (non-hydrogen) atoms. The molecule has 0 atom stereocenters. The first-order valence-corrected chi connectivity index (χ1v) is 12.8. The molecule has 2 aromatic heterocycles. The monoisotopic (exact) mass is 568 g/mol. The number of nitrogens with zero attached hydrogens (tertiary/aromatic N) is 2. The number of alkyl halides is 1. The predicted octanol–water partition coefficient (Wildman–Crippen LogP) is 5.25. The second-order valence-corrected chi connectivity index (χ2v) is 10.1. The van der Waals surface area contributed by atoms with Gasteiger partial charge < -0.3 is 14.0 Å². The van der Waals surface area contributed by atoms with E-state index in [-0.39, 0.29) is 10.6 Å². The highest BCUT2D eigenvalue weighted by Crippen LogP contribution is 2.39. The maximum Gasteiger partial charge on any atom is 0.270 e. The number of aromatic nitrogens is 2. The van der Waals surface area contributed by atoms with Crippen molar-refractivity contribution in [2.75, 3.05) is 18.6 Å². The lowest BCUT2D eigenvalue weighted by Crippen LogP contribution is -2.16. The normalized spacial score (nSPS) is 11.8. The van der Waals surface area contributed by atoms with Crippen LogP contribution in [0.15, 0.2) is 59.6 Å². The molecule has 0 N–H and O–H groups in total. The van der Waals surface area contributed by atoms with Gasteiger partial charge in [0.1, 0.15) is 0 Å². The molecule has 2 heterocycles. The molecular weight excluding hydrogens is 546 g/mol. The summed E-state index contributed by atoms with van der Waals surface area (Å²) in [7, 11) is -1.05. The predicted molar refractivity (Wildman–Crippen MR) is 131 cm³/mol. The molecule has 0 saturated heterocycles. The molecule has 0 spiro atoms. The summed E-state index contributed by atoms with van der Waals surface area (Å²) >= 11 is 2.28. The van der Waals surface area contributed by atoms with Gasteiger partial charge in [-0.3, -0.25) is 0 Å². The minimum absolute atomic E-state index is 0.0229. The molecule has 4 aromatic rings. The van der Waals surface area contributed by atoms with Crippen LogP contribution in [0.2, 0.25) is 0 Å². The number of fused-ring (bicyclic) bond motifs is 1. The van der Waals surface area contributed by atoms with Crippen LogP contribution in [-0.2, 0) is 16.6 Å². The van der Waals surface area contributed by atoms with E-state index in [1.54, 1.807) is 25.3 Å². The highest BCUT2D eigenvalue weighted by atomic mass is 127. The third-order valence-electron chi connectivity index (χ3n) is 5.34. The summed E-state index contributed by atoms with van der Waals surface area (Å²) in [6, 6.07) is 12.7. The lowest BCUT2D eigenvalue weighted by atomic mass is 10.1. The summed E-state index contributed by atoms with van der Waals surface area (Å²) in [4.78, 5) is 0.0229. The number of methoxy groups -OCH3 is 2. The SMILES string of the molecule is COc1cc2c(-c3ccc(F)n3S(=O)(=O)c3ccc(C)cc3)cn(CCI)c2cc1OC. The molecule has 0 fully saturated rings. The van der Waals surface area contributed by atoms with Crippen molar-refractivity contribution < 1.29 is 22.3 Å². The first-order valence-electron chi connectivity index (χ1n) is 9.82. The number of rotatable bonds is 7. The molecule has 6 nitrogen and oxygen atoms in total. The lowest BCUT2D eigenvalue weighted by molar-refractivity contribution is 0.355. The molecule has 2 aromatic carbocycles. The van der Waals surface area contributed by atoms with E-state index >= 15 is 0 Å². The highest BCUT2D eigenvalue weighted by molar-refractivity contribution is 14.1. The van der Waals surface area contributed by atoms with Crippen LogP contribution in [0.3, 0.4) is 0 Å². The van der Waals surface area contributed by atoms with Gasteiger partial charge in [0, 0.05) is 34.2 Å². The maximum atomic E-state index is 14.9. The van der Waals surface area contributed by atoms with Crippen molar-refractivity contribution in [1.29, 1.82) is 0 Å². The summed E-state index contributed by atoms with van der Waals surface area (Å²) in [6.45, 7) is 2.56. The van der Waals surface area contributed by atoms with Crippen LogP contribution in [0.5, 0.6) is 11.5 Å². The van der Waals surface area contributed by atoms with Gasteiger partial charge in [-0.05, 0) is 37.3 Å². The number of halogens is 2. The molecule has 4 rings (SSSR count). The Balaban J connectivity index is 1.99. The lowest BCUT2D eigenvalue weighted by Gasteiger charge is -2.12. The van der Waals surface area contributed by atoms with E-state index in [0.29, 0.717) is 23.6 Å². The molecule has 0 amide bonds. The van der Waals surface area contributed by atoms with Crippen molar-refractivity contribution in [1.82, 2.24) is 8.54 Å². The van der Waals surface area contributed by atoms with Crippen molar-refractivity contribution >= 4 is 43.5 Å². The van der Waals surface area contributed by atoms with Gasteiger partial charge in [-0.25, -0.2) is 12.4 Å². The van der Waals surface area contributed by atoms with E-state index in [0.717, 1.165) is 24.9 Å². The van der Waals surface area contributed by atoms with E-state index in [9.17, 15) is 12.8 Å². The Hall–Kier alpha value is -2.53. The van der Waals surface area contributed by atoms with E-state index in [1.165, 1.54) is 31.4 Å². The topological polar surface area (TPSA) is 62.5 Å². The quantitative estimate of drug-likeness (QED) is 0.226. The van der Waals surface area contributed by atoms with E-state index in [1.807, 2.05) is 23.8 Å². The fourth-order valence-electron chi connectivity index (χ4n) is 3.75. The average molecular weight is 568 g/mol. The molecule has 0 saturated carbocycles. The van der Waals surface area contributed by atoms with Crippen LogP contribution in [0.25, 0.3) is 22.2 Å². The summed E-state index contributed by atoms with van der Waals surface area (Å²) < 4.78 is 56.2. The van der Waals surface area contributed by atoms with Crippen LogP contribution in [0.1, 0.15) is 5.56 Å². The van der Waals surface area contributed by atoms with Gasteiger partial charge in [-0.1, -0.05) is 40.3 Å². The Labute approximate surface area is 199 Å². The summed E-state index contributed by atoms with van der Waals surface area (Å²) in [5, 5.41) is 0.742. The van der Waals surface area contributed by atoms with Crippen LogP contribution in [-0.4, -0.2) is 35.6 Å². The standard InChI is InChI=1S/C23H22FIN2O4S/c1-15-4-6-16(7-5-15)32(28,29)27-19(8-9-23(27)24)18-14-26(11-10-25)20-13-22(31-3)21(30-2)12-17(18)20/h4-9,12-14H,10-11H2,1-3H3. The third kappa shape index (κ3) is 3.77. The number of aryl methyl sites for hydroxylation is 2. The summed E-state index contributed by atoms with van der Waals surface area (Å²) in [5.41, 5.74) is 2.59. The minimum Gasteiger partial charge on any atom is -0.493 e. The number of hydrogen-bond donors (Lipinski definition) is 0. The molecule has 0 bridgehead atoms. The smallest absolute Gasteiger partial charge is 0.270 e. The molecule has 168 valence electrons. The minimum atomic E-state index is -4.15. The molecule has 0 radical (unpaired) electrons. The second kappa shape index (κ2) is 8.78. The van der Waals surface area contributed by atoms with E-state index < -0.39 is 16.0 Å². The summed E-state index contributed by atoms with van der Waals surface area (Å²) in [6.07, 6.45) is 1.85. The van der Waals surface area contributed by atoms with Gasteiger partial charge in [0.05, 0.1) is 30.3 Å². The average Bonchev–Trinajstić information content (AvgIpc) is 3.33. The Kier molecular flexibility index (Phi) is 6.22. The molecular formula is C23H22FIN2O4S. The first-order chi connectivity index (χ1) is 15.3.